The molecule has 0 aromatic carbocycles. The van der Waals surface area contributed by atoms with Crippen LogP contribution in [0.2, 0.25) is 0 Å². The number of hydrogen-bond acceptors (Lipinski definition) is 2. The van der Waals surface area contributed by atoms with E-state index in [2.05, 4.69) is 4.74 Å². The Balaban J connectivity index is 4.23. The lowest BCUT2D eigenvalue weighted by atomic mass is 10.2. The van der Waals surface area contributed by atoms with E-state index in [9.17, 15) is 8.78 Å². The minimum Gasteiger partial charge on any atom is -0.358 e. The molecular formula is C6H13F2NO. The van der Waals surface area contributed by atoms with Gasteiger partial charge in [0.1, 0.15) is 0 Å². The van der Waals surface area contributed by atoms with Crippen molar-refractivity contribution in [1.29, 1.82) is 0 Å². The highest BCUT2D eigenvalue weighted by Crippen LogP contribution is 2.20. The smallest absolute Gasteiger partial charge is 0.280 e. The second kappa shape index (κ2) is 3.25. The maximum absolute atomic E-state index is 12.2. The van der Waals surface area contributed by atoms with Crippen molar-refractivity contribution in [2.75, 3.05) is 21.2 Å². The first-order valence-electron chi connectivity index (χ1n) is 2.96. The van der Waals surface area contributed by atoms with Crippen molar-refractivity contribution in [3.63, 3.8) is 0 Å². The third kappa shape index (κ3) is 1.64. The topological polar surface area (TPSA) is 12.5 Å². The van der Waals surface area contributed by atoms with Gasteiger partial charge in [-0.15, -0.1) is 0 Å². The molecule has 4 heteroatoms. The number of rotatable bonds is 3. The molecule has 1 unspecified atom stereocenters. The molecule has 0 saturated carbocycles. The normalized spacial score (nSPS) is 18.0. The van der Waals surface area contributed by atoms with Gasteiger partial charge in [0.05, 0.1) is 0 Å². The lowest BCUT2D eigenvalue weighted by Gasteiger charge is -2.33. The van der Waals surface area contributed by atoms with Crippen LogP contribution in [0.5, 0.6) is 0 Å². The standard InChI is InChI=1S/C6H13F2NO/c1-6(10-4,5(7)8)9(2)3/h5H,1-4H3. The fourth-order valence-corrected chi connectivity index (χ4v) is 0.467. The lowest BCUT2D eigenvalue weighted by Crippen LogP contribution is -2.49. The van der Waals surface area contributed by atoms with Crippen LogP contribution in [0.1, 0.15) is 6.92 Å². The van der Waals surface area contributed by atoms with Gasteiger partial charge >= 0.3 is 0 Å². The minimum absolute atomic E-state index is 1.27. The maximum Gasteiger partial charge on any atom is 0.280 e. The van der Waals surface area contributed by atoms with Gasteiger partial charge in [-0.3, -0.25) is 4.90 Å². The number of hydrogen-bond donors (Lipinski definition) is 0. The second-order valence-corrected chi connectivity index (χ2v) is 2.45. The van der Waals surface area contributed by atoms with Gasteiger partial charge in [-0.1, -0.05) is 0 Å². The number of halogens is 2. The lowest BCUT2D eigenvalue weighted by molar-refractivity contribution is -0.185. The fraction of sp³-hybridized carbons (Fsp3) is 1.00. The molecule has 0 rings (SSSR count). The average Bonchev–Trinajstić information content (AvgIpc) is 1.85. The first kappa shape index (κ1) is 9.78. The third-order valence-electron chi connectivity index (χ3n) is 1.71. The zero-order valence-electron chi connectivity index (χ0n) is 6.69. The van der Waals surface area contributed by atoms with Crippen molar-refractivity contribution in [2.45, 2.75) is 19.1 Å². The molecular weight excluding hydrogens is 140 g/mol. The molecule has 0 aliphatic heterocycles. The summed E-state index contributed by atoms with van der Waals surface area (Å²) in [4.78, 5) is 1.34. The summed E-state index contributed by atoms with van der Waals surface area (Å²) in [6.07, 6.45) is -2.49. The summed E-state index contributed by atoms with van der Waals surface area (Å²) >= 11 is 0. The molecule has 0 bridgehead atoms. The van der Waals surface area contributed by atoms with Crippen molar-refractivity contribution in [3.05, 3.63) is 0 Å². The zero-order chi connectivity index (χ0) is 8.36. The van der Waals surface area contributed by atoms with Crippen LogP contribution in [0.4, 0.5) is 8.78 Å². The predicted molar refractivity (Wildman–Crippen MR) is 35.1 cm³/mol. The molecule has 10 heavy (non-hydrogen) atoms. The highest BCUT2D eigenvalue weighted by molar-refractivity contribution is 4.73. The predicted octanol–water partition coefficient (Wildman–Crippen LogP) is 1.18. The van der Waals surface area contributed by atoms with E-state index < -0.39 is 12.2 Å². The minimum atomic E-state index is -2.49. The highest BCUT2D eigenvalue weighted by Gasteiger charge is 2.37. The van der Waals surface area contributed by atoms with Crippen molar-refractivity contribution in [3.8, 4) is 0 Å². The van der Waals surface area contributed by atoms with Crippen LogP contribution < -0.4 is 0 Å². The van der Waals surface area contributed by atoms with Crippen molar-refractivity contribution in [2.24, 2.45) is 0 Å². The molecule has 0 radical (unpaired) electrons. The van der Waals surface area contributed by atoms with E-state index >= 15 is 0 Å². The Kier molecular flexibility index (Phi) is 3.18. The van der Waals surface area contributed by atoms with Gasteiger partial charge in [-0.05, 0) is 21.0 Å². The molecule has 0 amide bonds. The molecule has 0 aromatic heterocycles. The molecule has 1 atom stereocenters. The van der Waals surface area contributed by atoms with Crippen molar-refractivity contribution in [1.82, 2.24) is 4.90 Å². The Bertz CT molecular complexity index is 97.9. The Morgan fingerprint density at radius 2 is 1.80 bits per heavy atom. The summed E-state index contributed by atoms with van der Waals surface area (Å²) in [6.45, 7) is 1.34. The summed E-state index contributed by atoms with van der Waals surface area (Å²) in [6, 6.07) is 0. The van der Waals surface area contributed by atoms with Crippen LogP contribution in [0, 0.1) is 0 Å². The molecule has 62 valence electrons. The third-order valence-corrected chi connectivity index (χ3v) is 1.71. The summed E-state index contributed by atoms with van der Waals surface area (Å²) in [7, 11) is 4.37. The van der Waals surface area contributed by atoms with Gasteiger partial charge in [0.2, 0.25) is 0 Å². The van der Waals surface area contributed by atoms with E-state index in [-0.39, 0.29) is 0 Å². The quantitative estimate of drug-likeness (QED) is 0.564. The van der Waals surface area contributed by atoms with E-state index in [4.69, 9.17) is 0 Å². The number of nitrogens with zero attached hydrogens (tertiary/aromatic N) is 1. The molecule has 0 aromatic rings. The number of ether oxygens (including phenoxy) is 1. The van der Waals surface area contributed by atoms with Gasteiger partial charge < -0.3 is 4.74 Å². The van der Waals surface area contributed by atoms with Crippen LogP contribution in [0.3, 0.4) is 0 Å². The Labute approximate surface area is 59.8 Å². The summed E-state index contributed by atoms with van der Waals surface area (Å²) in [5.74, 6) is 0. The Hall–Kier alpha value is -0.220. The molecule has 2 nitrogen and oxygen atoms in total. The van der Waals surface area contributed by atoms with Gasteiger partial charge in [0.15, 0.2) is 5.72 Å². The Morgan fingerprint density at radius 1 is 1.40 bits per heavy atom. The highest BCUT2D eigenvalue weighted by atomic mass is 19.3. The monoisotopic (exact) mass is 153 g/mol. The van der Waals surface area contributed by atoms with Crippen LogP contribution in [0.25, 0.3) is 0 Å². The SMILES string of the molecule is COC(C)(C(F)F)N(C)C. The van der Waals surface area contributed by atoms with Crippen LogP contribution >= 0.6 is 0 Å². The number of alkyl halides is 2. The van der Waals surface area contributed by atoms with E-state index in [1.165, 1.54) is 18.9 Å². The van der Waals surface area contributed by atoms with Gasteiger partial charge in [0.25, 0.3) is 6.43 Å². The van der Waals surface area contributed by atoms with Gasteiger partial charge in [-0.2, -0.15) is 0 Å². The molecule has 0 spiro atoms. The average molecular weight is 153 g/mol. The molecule has 0 aliphatic rings. The van der Waals surface area contributed by atoms with Gasteiger partial charge in [0, 0.05) is 7.11 Å². The summed E-state index contributed by atoms with van der Waals surface area (Å²) in [5, 5.41) is 0. The second-order valence-electron chi connectivity index (χ2n) is 2.45. The summed E-state index contributed by atoms with van der Waals surface area (Å²) < 4.78 is 29.0. The molecule has 0 saturated heterocycles. The summed E-state index contributed by atoms with van der Waals surface area (Å²) in [5.41, 5.74) is -1.46. The Morgan fingerprint density at radius 3 is 1.80 bits per heavy atom. The first-order chi connectivity index (χ1) is 4.45. The number of methoxy groups -OCH3 is 1. The van der Waals surface area contributed by atoms with E-state index in [0.29, 0.717) is 0 Å². The largest absolute Gasteiger partial charge is 0.358 e. The molecule has 0 N–H and O–H groups in total. The van der Waals surface area contributed by atoms with Crippen LogP contribution in [-0.4, -0.2) is 38.3 Å². The molecule has 0 heterocycles. The van der Waals surface area contributed by atoms with E-state index in [0.717, 1.165) is 0 Å². The van der Waals surface area contributed by atoms with E-state index in [1.54, 1.807) is 14.1 Å². The van der Waals surface area contributed by atoms with Crippen LogP contribution in [-0.2, 0) is 4.74 Å². The zero-order valence-corrected chi connectivity index (χ0v) is 6.69. The van der Waals surface area contributed by atoms with Gasteiger partial charge in [-0.25, -0.2) is 8.78 Å². The van der Waals surface area contributed by atoms with Crippen molar-refractivity contribution < 1.29 is 13.5 Å². The van der Waals surface area contributed by atoms with E-state index in [1.807, 2.05) is 0 Å². The maximum atomic E-state index is 12.2. The molecule has 0 aliphatic carbocycles. The fourth-order valence-electron chi connectivity index (χ4n) is 0.467. The van der Waals surface area contributed by atoms with Crippen LogP contribution in [0.15, 0.2) is 0 Å². The molecule has 0 fully saturated rings. The van der Waals surface area contributed by atoms with Crippen molar-refractivity contribution >= 4 is 0 Å². The first-order valence-corrected chi connectivity index (χ1v) is 2.96.